The molecule has 0 saturated heterocycles. The molecule has 4 nitrogen and oxygen atoms in total. The Morgan fingerprint density at radius 2 is 2.12 bits per heavy atom. The van der Waals surface area contributed by atoms with Crippen molar-refractivity contribution in [1.29, 1.82) is 0 Å². The zero-order valence-electron chi connectivity index (χ0n) is 8.31. The Morgan fingerprint density at radius 3 is 2.69 bits per heavy atom. The number of benzene rings is 1. The van der Waals surface area contributed by atoms with Crippen LogP contribution in [0.4, 0.5) is 0 Å². The minimum absolute atomic E-state index is 0.0889. The van der Waals surface area contributed by atoms with E-state index < -0.39 is 11.9 Å². The van der Waals surface area contributed by atoms with Crippen LogP contribution in [0.25, 0.3) is 6.08 Å². The molecule has 0 aromatic heterocycles. The summed E-state index contributed by atoms with van der Waals surface area (Å²) in [4.78, 5) is 21.4. The van der Waals surface area contributed by atoms with Crippen molar-refractivity contribution in [1.82, 2.24) is 0 Å². The van der Waals surface area contributed by atoms with Gasteiger partial charge < -0.3 is 10.8 Å². The number of nitrogens with two attached hydrogens (primary N) is 1. The van der Waals surface area contributed by atoms with Gasteiger partial charge in [-0.3, -0.25) is 4.79 Å². The quantitative estimate of drug-likeness (QED) is 0.887. The first-order valence-corrected chi connectivity index (χ1v) is 5.27. The summed E-state index contributed by atoms with van der Waals surface area (Å²) in [6.07, 6.45) is 3.20. The lowest BCUT2D eigenvalue weighted by molar-refractivity contribution is -0.117. The van der Waals surface area contributed by atoms with Crippen LogP contribution in [0.3, 0.4) is 0 Å². The van der Waals surface area contributed by atoms with Gasteiger partial charge in [-0.05, 0) is 23.8 Å². The third kappa shape index (κ3) is 3.51. The van der Waals surface area contributed by atoms with Crippen LogP contribution in [-0.2, 0) is 4.79 Å². The Hall–Kier alpha value is -1.62. The van der Waals surface area contributed by atoms with Gasteiger partial charge in [0, 0.05) is 10.9 Å². The highest BCUT2D eigenvalue weighted by Crippen LogP contribution is 2.18. The Balaban J connectivity index is 3.01. The molecule has 0 radical (unpaired) electrons. The highest BCUT2D eigenvalue weighted by atomic mass is 79.9. The highest BCUT2D eigenvalue weighted by Gasteiger charge is 2.07. The lowest BCUT2D eigenvalue weighted by Crippen LogP contribution is -2.08. The van der Waals surface area contributed by atoms with Crippen LogP contribution in [0.5, 0.6) is 0 Å². The number of carbonyl (C=O) groups excluding carboxylic acids is 1. The van der Waals surface area contributed by atoms with Crippen molar-refractivity contribution in [2.75, 3.05) is 0 Å². The molecule has 0 unspecified atom stereocenters. The van der Waals surface area contributed by atoms with E-state index in [1.54, 1.807) is 18.2 Å². The predicted octanol–water partition coefficient (Wildman–Crippen LogP) is 2.04. The number of aromatic carboxylic acids is 1. The predicted molar refractivity (Wildman–Crippen MR) is 63.9 cm³/mol. The summed E-state index contributed by atoms with van der Waals surface area (Å²) in [5, 5.41) is 8.92. The van der Waals surface area contributed by atoms with Gasteiger partial charge in [0.1, 0.15) is 0 Å². The minimum atomic E-state index is -1.01. The molecule has 1 amide bonds. The molecule has 0 fully saturated rings. The monoisotopic (exact) mass is 283 g/mol. The molecule has 0 saturated carbocycles. The lowest BCUT2D eigenvalue weighted by atomic mass is 10.1. The molecule has 0 aliphatic rings. The molecule has 0 spiro atoms. The molecule has 1 rings (SSSR count). The summed E-state index contributed by atoms with van der Waals surface area (Å²) in [5.74, 6) is -1.46. The fourth-order valence-electron chi connectivity index (χ4n) is 1.17. The van der Waals surface area contributed by atoms with Crippen molar-refractivity contribution in [3.63, 3.8) is 0 Å². The Bertz CT molecular complexity index is 455. The first-order valence-electron chi connectivity index (χ1n) is 4.48. The van der Waals surface area contributed by atoms with Gasteiger partial charge in [-0.25, -0.2) is 4.79 Å². The maximum Gasteiger partial charge on any atom is 0.336 e. The smallest absolute Gasteiger partial charge is 0.336 e. The highest BCUT2D eigenvalue weighted by molar-refractivity contribution is 9.10. The minimum Gasteiger partial charge on any atom is -0.478 e. The van der Waals surface area contributed by atoms with E-state index in [-0.39, 0.29) is 12.0 Å². The molecule has 16 heavy (non-hydrogen) atoms. The molecule has 0 heterocycles. The Labute approximate surface area is 101 Å². The fraction of sp³-hybridized carbons (Fsp3) is 0.0909. The van der Waals surface area contributed by atoms with E-state index in [0.717, 1.165) is 4.47 Å². The largest absolute Gasteiger partial charge is 0.478 e. The number of halogens is 1. The number of rotatable bonds is 4. The summed E-state index contributed by atoms with van der Waals surface area (Å²) in [6, 6.07) is 4.81. The fourth-order valence-corrected chi connectivity index (χ4v) is 1.55. The van der Waals surface area contributed by atoms with E-state index >= 15 is 0 Å². The van der Waals surface area contributed by atoms with Crippen LogP contribution in [0.2, 0.25) is 0 Å². The molecular weight excluding hydrogens is 274 g/mol. The number of carbonyl (C=O) groups is 2. The molecule has 3 N–H and O–H groups in total. The van der Waals surface area contributed by atoms with Crippen molar-refractivity contribution in [2.45, 2.75) is 6.42 Å². The number of carboxylic acid groups (broad SMARTS) is 1. The standard InChI is InChI=1S/C11H10BrNO3/c12-8-4-5-9(11(15)16)7(6-8)2-1-3-10(13)14/h1-2,4-6H,3H2,(H2,13,14)(H,15,16). The zero-order valence-corrected chi connectivity index (χ0v) is 9.90. The van der Waals surface area contributed by atoms with Crippen LogP contribution in [-0.4, -0.2) is 17.0 Å². The molecule has 0 aliphatic heterocycles. The maximum atomic E-state index is 10.9. The average Bonchev–Trinajstić information content (AvgIpc) is 2.16. The second kappa shape index (κ2) is 5.46. The first kappa shape index (κ1) is 12.4. The molecule has 5 heteroatoms. The van der Waals surface area contributed by atoms with Crippen molar-refractivity contribution >= 4 is 33.9 Å². The van der Waals surface area contributed by atoms with Gasteiger partial charge in [0.2, 0.25) is 5.91 Å². The van der Waals surface area contributed by atoms with Crippen LogP contribution in [0, 0.1) is 0 Å². The third-order valence-corrected chi connectivity index (χ3v) is 2.35. The SMILES string of the molecule is NC(=O)CC=Cc1cc(Br)ccc1C(=O)O. The van der Waals surface area contributed by atoms with Gasteiger partial charge >= 0.3 is 5.97 Å². The summed E-state index contributed by atoms with van der Waals surface area (Å²) in [5.41, 5.74) is 5.68. The number of primary amides is 1. The van der Waals surface area contributed by atoms with Crippen molar-refractivity contribution in [3.8, 4) is 0 Å². The van der Waals surface area contributed by atoms with Crippen molar-refractivity contribution in [2.24, 2.45) is 5.73 Å². The molecule has 0 bridgehead atoms. The second-order valence-corrected chi connectivity index (χ2v) is 4.03. The molecule has 0 aliphatic carbocycles. The summed E-state index contributed by atoms with van der Waals surface area (Å²) >= 11 is 3.25. The van der Waals surface area contributed by atoms with Crippen molar-refractivity contribution in [3.05, 3.63) is 39.9 Å². The zero-order chi connectivity index (χ0) is 12.1. The number of hydrogen-bond acceptors (Lipinski definition) is 2. The Kier molecular flexibility index (Phi) is 4.25. The topological polar surface area (TPSA) is 80.4 Å². The van der Waals surface area contributed by atoms with E-state index in [9.17, 15) is 9.59 Å². The maximum absolute atomic E-state index is 10.9. The molecule has 1 aromatic carbocycles. The second-order valence-electron chi connectivity index (χ2n) is 3.11. The number of amides is 1. The molecule has 84 valence electrons. The van der Waals surface area contributed by atoms with Crippen LogP contribution in [0.1, 0.15) is 22.3 Å². The van der Waals surface area contributed by atoms with Crippen LogP contribution >= 0.6 is 15.9 Å². The molecule has 0 atom stereocenters. The van der Waals surface area contributed by atoms with Gasteiger partial charge in [0.05, 0.1) is 5.56 Å². The van der Waals surface area contributed by atoms with Crippen molar-refractivity contribution < 1.29 is 14.7 Å². The van der Waals surface area contributed by atoms with Gasteiger partial charge in [-0.15, -0.1) is 0 Å². The van der Waals surface area contributed by atoms with Gasteiger partial charge in [-0.2, -0.15) is 0 Å². The third-order valence-electron chi connectivity index (χ3n) is 1.86. The first-order chi connectivity index (χ1) is 7.50. The summed E-state index contributed by atoms with van der Waals surface area (Å²) < 4.78 is 0.774. The van der Waals surface area contributed by atoms with Crippen LogP contribution in [0.15, 0.2) is 28.7 Å². The van der Waals surface area contributed by atoms with Gasteiger partial charge in [0.15, 0.2) is 0 Å². The molecule has 1 aromatic rings. The normalized spacial score (nSPS) is 10.6. The molecular formula is C11H10BrNO3. The number of carboxylic acids is 1. The van der Waals surface area contributed by atoms with E-state index in [1.165, 1.54) is 12.1 Å². The summed E-state index contributed by atoms with van der Waals surface area (Å²) in [7, 11) is 0. The Morgan fingerprint density at radius 1 is 1.44 bits per heavy atom. The van der Waals surface area contributed by atoms with Gasteiger partial charge in [0.25, 0.3) is 0 Å². The van der Waals surface area contributed by atoms with E-state index in [0.29, 0.717) is 5.56 Å². The van der Waals surface area contributed by atoms with Gasteiger partial charge in [-0.1, -0.05) is 28.1 Å². The lowest BCUT2D eigenvalue weighted by Gasteiger charge is -2.01. The van der Waals surface area contributed by atoms with E-state index in [4.69, 9.17) is 10.8 Å². The van der Waals surface area contributed by atoms with E-state index in [1.807, 2.05) is 0 Å². The number of hydrogen-bond donors (Lipinski definition) is 2. The summed E-state index contributed by atoms with van der Waals surface area (Å²) in [6.45, 7) is 0. The van der Waals surface area contributed by atoms with Crippen LogP contribution < -0.4 is 5.73 Å². The van der Waals surface area contributed by atoms with E-state index in [2.05, 4.69) is 15.9 Å². The average molecular weight is 284 g/mol.